The summed E-state index contributed by atoms with van der Waals surface area (Å²) in [5, 5.41) is 6.96. The minimum atomic E-state index is -3.34. The van der Waals surface area contributed by atoms with Crippen molar-refractivity contribution in [3.05, 3.63) is 17.5 Å². The Hall–Kier alpha value is -0.920. The third-order valence-corrected chi connectivity index (χ3v) is 4.30. The van der Waals surface area contributed by atoms with Crippen LogP contribution in [0.5, 0.6) is 0 Å². The van der Waals surface area contributed by atoms with E-state index in [1.165, 1.54) is 0 Å². The molecule has 0 radical (unpaired) electrons. The van der Waals surface area contributed by atoms with Crippen molar-refractivity contribution in [2.45, 2.75) is 38.0 Å². The lowest BCUT2D eigenvalue weighted by molar-refractivity contribution is 0.392. The third kappa shape index (κ3) is 4.08. The van der Waals surface area contributed by atoms with Gasteiger partial charge in [-0.15, -0.1) is 0 Å². The lowest BCUT2D eigenvalue weighted by atomic mass is 10.1. The van der Waals surface area contributed by atoms with Crippen molar-refractivity contribution in [3.63, 3.8) is 0 Å². The van der Waals surface area contributed by atoms with Crippen LogP contribution in [0.3, 0.4) is 0 Å². The maximum Gasteiger partial charge on any atom is 0.217 e. The largest absolute Gasteiger partial charge is 0.361 e. The molecule has 7 heteroatoms. The Morgan fingerprint density at radius 3 is 3.06 bits per heavy atom. The van der Waals surface area contributed by atoms with E-state index in [4.69, 9.17) is 4.52 Å². The van der Waals surface area contributed by atoms with Crippen LogP contribution in [-0.4, -0.2) is 32.7 Å². The van der Waals surface area contributed by atoms with Crippen LogP contribution in [0.1, 0.15) is 30.7 Å². The second-order valence-electron chi connectivity index (χ2n) is 4.68. The monoisotopic (exact) mass is 273 g/mol. The van der Waals surface area contributed by atoms with Gasteiger partial charge in [0.25, 0.3) is 0 Å². The normalized spacial score (nSPS) is 21.7. The van der Waals surface area contributed by atoms with Gasteiger partial charge in [-0.25, -0.2) is 13.1 Å². The molecule has 1 aromatic heterocycles. The van der Waals surface area contributed by atoms with Gasteiger partial charge in [-0.3, -0.25) is 0 Å². The fourth-order valence-corrected chi connectivity index (χ4v) is 3.47. The molecule has 1 atom stereocenters. The standard InChI is InChI=1S/C11H19N3O3S/c1-9-7-11(13-17-9)8-18(15,16)14-10-3-2-5-12-6-4-10/h7,10,12,14H,2-6,8H2,1H3. The van der Waals surface area contributed by atoms with Gasteiger partial charge in [0.15, 0.2) is 0 Å². The quantitative estimate of drug-likeness (QED) is 0.836. The number of nitrogens with zero attached hydrogens (tertiary/aromatic N) is 1. The van der Waals surface area contributed by atoms with Crippen LogP contribution >= 0.6 is 0 Å². The van der Waals surface area contributed by atoms with E-state index < -0.39 is 10.0 Å². The van der Waals surface area contributed by atoms with Crippen molar-refractivity contribution in [1.29, 1.82) is 0 Å². The average Bonchev–Trinajstić information content (AvgIpc) is 2.52. The molecule has 6 nitrogen and oxygen atoms in total. The summed E-state index contributed by atoms with van der Waals surface area (Å²) >= 11 is 0. The summed E-state index contributed by atoms with van der Waals surface area (Å²) in [4.78, 5) is 0. The Kier molecular flexibility index (Phi) is 4.36. The Balaban J connectivity index is 1.94. The topological polar surface area (TPSA) is 84.2 Å². The van der Waals surface area contributed by atoms with E-state index in [0.717, 1.165) is 32.4 Å². The van der Waals surface area contributed by atoms with Crippen molar-refractivity contribution in [2.75, 3.05) is 13.1 Å². The maximum absolute atomic E-state index is 12.0. The molecule has 2 N–H and O–H groups in total. The van der Waals surface area contributed by atoms with Crippen LogP contribution in [0.4, 0.5) is 0 Å². The molecule has 2 heterocycles. The van der Waals surface area contributed by atoms with Gasteiger partial charge in [0.05, 0.1) is 0 Å². The fraction of sp³-hybridized carbons (Fsp3) is 0.727. The number of rotatable bonds is 4. The van der Waals surface area contributed by atoms with E-state index in [9.17, 15) is 8.42 Å². The van der Waals surface area contributed by atoms with Crippen LogP contribution in [0.2, 0.25) is 0 Å². The molecule has 0 bridgehead atoms. The van der Waals surface area contributed by atoms with Crippen molar-refractivity contribution < 1.29 is 12.9 Å². The predicted octanol–water partition coefficient (Wildman–Crippen LogP) is 0.545. The lowest BCUT2D eigenvalue weighted by Gasteiger charge is -2.15. The minimum Gasteiger partial charge on any atom is -0.361 e. The Morgan fingerprint density at radius 2 is 2.33 bits per heavy atom. The van der Waals surface area contributed by atoms with E-state index in [1.807, 2.05) is 0 Å². The molecule has 1 aromatic rings. The molecule has 0 saturated carbocycles. The molecule has 0 spiro atoms. The summed E-state index contributed by atoms with van der Waals surface area (Å²) in [6.45, 7) is 3.56. The Morgan fingerprint density at radius 1 is 1.50 bits per heavy atom. The highest BCUT2D eigenvalue weighted by Crippen LogP contribution is 2.10. The molecule has 1 unspecified atom stereocenters. The van der Waals surface area contributed by atoms with Gasteiger partial charge in [0.2, 0.25) is 10.0 Å². The van der Waals surface area contributed by atoms with Crippen LogP contribution < -0.4 is 10.0 Å². The SMILES string of the molecule is Cc1cc(CS(=O)(=O)NC2CCCNCC2)no1. The minimum absolute atomic E-state index is 0.0259. The molecular weight excluding hydrogens is 254 g/mol. The molecular formula is C11H19N3O3S. The number of nitrogens with one attached hydrogen (secondary N) is 2. The van der Waals surface area contributed by atoms with Crippen molar-refractivity contribution in [2.24, 2.45) is 0 Å². The van der Waals surface area contributed by atoms with Gasteiger partial charge in [0, 0.05) is 12.1 Å². The smallest absolute Gasteiger partial charge is 0.217 e. The van der Waals surface area contributed by atoms with Gasteiger partial charge >= 0.3 is 0 Å². The zero-order valence-electron chi connectivity index (χ0n) is 10.5. The van der Waals surface area contributed by atoms with Gasteiger partial charge in [-0.1, -0.05) is 5.16 Å². The van der Waals surface area contributed by atoms with Crippen molar-refractivity contribution >= 4 is 10.0 Å². The zero-order chi connectivity index (χ0) is 13.0. The molecule has 102 valence electrons. The van der Waals surface area contributed by atoms with E-state index in [2.05, 4.69) is 15.2 Å². The summed E-state index contributed by atoms with van der Waals surface area (Å²) in [6.07, 6.45) is 2.71. The number of hydrogen-bond donors (Lipinski definition) is 2. The highest BCUT2D eigenvalue weighted by molar-refractivity contribution is 7.88. The molecule has 18 heavy (non-hydrogen) atoms. The first-order valence-corrected chi connectivity index (χ1v) is 7.83. The molecule has 1 fully saturated rings. The Bertz CT molecular complexity index is 475. The highest BCUT2D eigenvalue weighted by atomic mass is 32.2. The van der Waals surface area contributed by atoms with E-state index in [0.29, 0.717) is 11.5 Å². The number of hydrogen-bond acceptors (Lipinski definition) is 5. The molecule has 2 rings (SSSR count). The summed E-state index contributed by atoms with van der Waals surface area (Å²) in [6, 6.07) is 1.67. The summed E-state index contributed by atoms with van der Waals surface area (Å²) in [7, 11) is -3.34. The van der Waals surface area contributed by atoms with Crippen LogP contribution in [0, 0.1) is 6.92 Å². The van der Waals surface area contributed by atoms with E-state index in [-0.39, 0.29) is 11.8 Å². The second-order valence-corrected chi connectivity index (χ2v) is 6.44. The highest BCUT2D eigenvalue weighted by Gasteiger charge is 2.20. The molecule has 1 saturated heterocycles. The third-order valence-electron chi connectivity index (χ3n) is 2.94. The average molecular weight is 273 g/mol. The van der Waals surface area contributed by atoms with Crippen molar-refractivity contribution in [1.82, 2.24) is 15.2 Å². The molecule has 1 aliphatic rings. The summed E-state index contributed by atoms with van der Waals surface area (Å²) < 4.78 is 31.6. The lowest BCUT2D eigenvalue weighted by Crippen LogP contribution is -2.36. The summed E-state index contributed by atoms with van der Waals surface area (Å²) in [5.74, 6) is 0.507. The van der Waals surface area contributed by atoms with E-state index in [1.54, 1.807) is 13.0 Å². The van der Waals surface area contributed by atoms with Crippen molar-refractivity contribution in [3.8, 4) is 0 Å². The first-order chi connectivity index (χ1) is 8.55. The van der Waals surface area contributed by atoms with Gasteiger partial charge in [-0.05, 0) is 39.3 Å². The molecule has 1 aliphatic heterocycles. The van der Waals surface area contributed by atoms with Gasteiger partial charge in [0.1, 0.15) is 17.2 Å². The number of aryl methyl sites for hydroxylation is 1. The van der Waals surface area contributed by atoms with Crippen LogP contribution in [0.25, 0.3) is 0 Å². The van der Waals surface area contributed by atoms with Crippen LogP contribution in [-0.2, 0) is 15.8 Å². The molecule has 0 aromatic carbocycles. The first-order valence-electron chi connectivity index (χ1n) is 6.18. The zero-order valence-corrected chi connectivity index (χ0v) is 11.3. The number of sulfonamides is 1. The fourth-order valence-electron chi connectivity index (χ4n) is 2.11. The predicted molar refractivity (Wildman–Crippen MR) is 67.5 cm³/mol. The van der Waals surface area contributed by atoms with Crippen LogP contribution in [0.15, 0.2) is 10.6 Å². The summed E-state index contributed by atoms with van der Waals surface area (Å²) in [5.41, 5.74) is 0.451. The molecule has 0 amide bonds. The maximum atomic E-state index is 12.0. The van der Waals surface area contributed by atoms with Gasteiger partial charge < -0.3 is 9.84 Å². The first kappa shape index (κ1) is 13.5. The van der Waals surface area contributed by atoms with E-state index >= 15 is 0 Å². The molecule has 0 aliphatic carbocycles. The number of aromatic nitrogens is 1. The Labute approximate surface area is 107 Å². The van der Waals surface area contributed by atoms with Gasteiger partial charge in [-0.2, -0.15) is 0 Å². The second kappa shape index (κ2) is 5.81.